The molecule has 0 saturated heterocycles. The van der Waals surface area contributed by atoms with Gasteiger partial charge in [-0.25, -0.2) is 4.98 Å². The molecule has 1 fully saturated rings. The van der Waals surface area contributed by atoms with Crippen molar-refractivity contribution in [1.82, 2.24) is 9.36 Å². The molecule has 1 heterocycles. The highest BCUT2D eigenvalue weighted by atomic mass is 32.1. The number of hydrogen-bond acceptors (Lipinski definition) is 5. The van der Waals surface area contributed by atoms with Crippen LogP contribution < -0.4 is 10.6 Å². The molecule has 0 spiro atoms. The number of rotatable bonds is 6. The molecule has 16 heavy (non-hydrogen) atoms. The van der Waals surface area contributed by atoms with Gasteiger partial charge in [0, 0.05) is 37.1 Å². The second-order valence-corrected chi connectivity index (χ2v) is 5.57. The summed E-state index contributed by atoms with van der Waals surface area (Å²) >= 11 is 1.52. The van der Waals surface area contributed by atoms with Gasteiger partial charge in [0.15, 0.2) is 0 Å². The molecule has 4 nitrogen and oxygen atoms in total. The third-order valence-electron chi connectivity index (χ3n) is 2.63. The number of nitrogens with zero attached hydrogens (tertiary/aromatic N) is 3. The molecule has 1 aromatic rings. The van der Waals surface area contributed by atoms with Crippen molar-refractivity contribution in [3.63, 3.8) is 0 Å². The van der Waals surface area contributed by atoms with Crippen LogP contribution in [0.1, 0.15) is 38.4 Å². The van der Waals surface area contributed by atoms with E-state index >= 15 is 0 Å². The van der Waals surface area contributed by atoms with Crippen LogP contribution in [-0.4, -0.2) is 29.0 Å². The number of aromatic nitrogens is 2. The largest absolute Gasteiger partial charge is 0.345 e. The van der Waals surface area contributed by atoms with E-state index in [1.165, 1.54) is 24.4 Å². The van der Waals surface area contributed by atoms with Crippen molar-refractivity contribution < 1.29 is 0 Å². The highest BCUT2D eigenvalue weighted by Crippen LogP contribution is 2.39. The molecule has 0 aliphatic heterocycles. The van der Waals surface area contributed by atoms with Gasteiger partial charge in [0.2, 0.25) is 5.13 Å². The molecule has 2 N–H and O–H groups in total. The normalized spacial score (nSPS) is 15.8. The molecular weight excluding hydrogens is 220 g/mol. The van der Waals surface area contributed by atoms with E-state index in [2.05, 4.69) is 28.1 Å². The third kappa shape index (κ3) is 2.92. The van der Waals surface area contributed by atoms with E-state index in [0.717, 1.165) is 24.0 Å². The Balaban J connectivity index is 2.04. The fourth-order valence-corrected chi connectivity index (χ4v) is 2.50. The Labute approximate surface area is 101 Å². The van der Waals surface area contributed by atoms with E-state index in [-0.39, 0.29) is 0 Å². The van der Waals surface area contributed by atoms with Crippen LogP contribution in [0.5, 0.6) is 0 Å². The van der Waals surface area contributed by atoms with Crippen LogP contribution in [0.3, 0.4) is 0 Å². The lowest BCUT2D eigenvalue weighted by Crippen LogP contribution is -2.32. The van der Waals surface area contributed by atoms with Gasteiger partial charge in [-0.05, 0) is 18.8 Å². The molecule has 2 rings (SSSR count). The summed E-state index contributed by atoms with van der Waals surface area (Å²) in [4.78, 5) is 6.88. The first-order chi connectivity index (χ1) is 7.70. The molecule has 90 valence electrons. The Hall–Kier alpha value is -0.680. The summed E-state index contributed by atoms with van der Waals surface area (Å²) in [6.45, 7) is 6.98. The zero-order valence-electron chi connectivity index (χ0n) is 10.0. The Bertz CT molecular complexity index is 332. The van der Waals surface area contributed by atoms with Crippen LogP contribution in [0.25, 0.3) is 0 Å². The molecule has 0 unspecified atom stereocenters. The lowest BCUT2D eigenvalue weighted by molar-refractivity contribution is 0.610. The lowest BCUT2D eigenvalue weighted by atomic mass is 10.2. The Morgan fingerprint density at radius 2 is 2.25 bits per heavy atom. The third-order valence-corrected chi connectivity index (χ3v) is 3.42. The van der Waals surface area contributed by atoms with E-state index < -0.39 is 0 Å². The second-order valence-electron chi connectivity index (χ2n) is 4.84. The minimum atomic E-state index is 0.625. The number of hydrogen-bond donors (Lipinski definition) is 1. The van der Waals surface area contributed by atoms with Crippen molar-refractivity contribution in [3.05, 3.63) is 5.82 Å². The summed E-state index contributed by atoms with van der Waals surface area (Å²) in [6.07, 6.45) is 2.52. The van der Waals surface area contributed by atoms with Crippen LogP contribution in [0, 0.1) is 5.92 Å². The zero-order chi connectivity index (χ0) is 11.5. The molecule has 1 aliphatic rings. The molecular formula is C11H20N4S. The van der Waals surface area contributed by atoms with Crippen molar-refractivity contribution >= 4 is 16.7 Å². The average Bonchev–Trinajstić information content (AvgIpc) is 2.96. The monoisotopic (exact) mass is 240 g/mol. The maximum atomic E-state index is 5.64. The van der Waals surface area contributed by atoms with Crippen LogP contribution in [0.15, 0.2) is 0 Å². The summed E-state index contributed by atoms with van der Waals surface area (Å²) in [5.41, 5.74) is 5.64. The molecule has 1 saturated carbocycles. The van der Waals surface area contributed by atoms with Crippen molar-refractivity contribution in [3.8, 4) is 0 Å². The van der Waals surface area contributed by atoms with E-state index in [0.29, 0.717) is 18.4 Å². The standard InChI is InChI=1S/C11H20N4S/c1-8(2)7-15(6-5-12)11-13-10(14-16-11)9-3-4-9/h8-9H,3-7,12H2,1-2H3. The van der Waals surface area contributed by atoms with E-state index in [4.69, 9.17) is 5.73 Å². The summed E-state index contributed by atoms with van der Waals surface area (Å²) in [5, 5.41) is 1.04. The van der Waals surface area contributed by atoms with Gasteiger partial charge < -0.3 is 10.6 Å². The number of anilines is 1. The summed E-state index contributed by atoms with van der Waals surface area (Å²) < 4.78 is 4.44. The summed E-state index contributed by atoms with van der Waals surface area (Å²) in [6, 6.07) is 0. The minimum Gasteiger partial charge on any atom is -0.345 e. The maximum absolute atomic E-state index is 5.64. The van der Waals surface area contributed by atoms with E-state index in [1.54, 1.807) is 0 Å². The van der Waals surface area contributed by atoms with Gasteiger partial charge in [-0.3, -0.25) is 0 Å². The predicted octanol–water partition coefficient (Wildman–Crippen LogP) is 1.84. The SMILES string of the molecule is CC(C)CN(CCN)c1nc(C2CC2)ns1. The maximum Gasteiger partial charge on any atom is 0.205 e. The molecule has 5 heteroatoms. The Kier molecular flexibility index (Phi) is 3.76. The van der Waals surface area contributed by atoms with Gasteiger partial charge in [0.25, 0.3) is 0 Å². The first-order valence-electron chi connectivity index (χ1n) is 5.99. The smallest absolute Gasteiger partial charge is 0.205 e. The van der Waals surface area contributed by atoms with Gasteiger partial charge in [0.05, 0.1) is 0 Å². The van der Waals surface area contributed by atoms with Gasteiger partial charge in [0.1, 0.15) is 5.82 Å². The van der Waals surface area contributed by atoms with Gasteiger partial charge >= 0.3 is 0 Å². The second kappa shape index (κ2) is 5.10. The zero-order valence-corrected chi connectivity index (χ0v) is 10.8. The molecule has 0 amide bonds. The van der Waals surface area contributed by atoms with Crippen LogP contribution in [0.4, 0.5) is 5.13 Å². The Morgan fingerprint density at radius 3 is 2.81 bits per heavy atom. The molecule has 1 aromatic heterocycles. The van der Waals surface area contributed by atoms with E-state index in [1.807, 2.05) is 0 Å². The quantitative estimate of drug-likeness (QED) is 0.824. The van der Waals surface area contributed by atoms with Crippen molar-refractivity contribution in [2.75, 3.05) is 24.5 Å². The first-order valence-corrected chi connectivity index (χ1v) is 6.76. The van der Waals surface area contributed by atoms with Crippen molar-refractivity contribution in [1.29, 1.82) is 0 Å². The van der Waals surface area contributed by atoms with Crippen molar-refractivity contribution in [2.45, 2.75) is 32.6 Å². The van der Waals surface area contributed by atoms with Crippen LogP contribution >= 0.6 is 11.5 Å². The fraction of sp³-hybridized carbons (Fsp3) is 0.818. The minimum absolute atomic E-state index is 0.625. The summed E-state index contributed by atoms with van der Waals surface area (Å²) in [7, 11) is 0. The lowest BCUT2D eigenvalue weighted by Gasteiger charge is -2.22. The molecule has 0 bridgehead atoms. The molecule has 0 aromatic carbocycles. The molecule has 0 radical (unpaired) electrons. The molecule has 0 atom stereocenters. The molecule has 1 aliphatic carbocycles. The van der Waals surface area contributed by atoms with Crippen molar-refractivity contribution in [2.24, 2.45) is 11.7 Å². The highest BCUT2D eigenvalue weighted by Gasteiger charge is 2.28. The van der Waals surface area contributed by atoms with Crippen LogP contribution in [0.2, 0.25) is 0 Å². The van der Waals surface area contributed by atoms with Gasteiger partial charge in [-0.1, -0.05) is 13.8 Å². The summed E-state index contributed by atoms with van der Waals surface area (Å²) in [5.74, 6) is 2.31. The van der Waals surface area contributed by atoms with Gasteiger partial charge in [-0.15, -0.1) is 0 Å². The fourth-order valence-electron chi connectivity index (χ4n) is 1.72. The van der Waals surface area contributed by atoms with Crippen LogP contribution in [-0.2, 0) is 0 Å². The average molecular weight is 240 g/mol. The predicted molar refractivity (Wildman–Crippen MR) is 68.0 cm³/mol. The number of nitrogens with two attached hydrogens (primary N) is 1. The van der Waals surface area contributed by atoms with E-state index in [9.17, 15) is 0 Å². The highest BCUT2D eigenvalue weighted by molar-refractivity contribution is 7.09. The first kappa shape index (κ1) is 11.8. The topological polar surface area (TPSA) is 55.0 Å². The Morgan fingerprint density at radius 1 is 1.50 bits per heavy atom. The van der Waals surface area contributed by atoms with Gasteiger partial charge in [-0.2, -0.15) is 4.37 Å².